The first kappa shape index (κ1) is 19.8. The highest BCUT2D eigenvalue weighted by Crippen LogP contribution is 2.32. The van der Waals surface area contributed by atoms with Crippen molar-refractivity contribution in [1.82, 2.24) is 19.4 Å². The van der Waals surface area contributed by atoms with Crippen LogP contribution in [0.3, 0.4) is 0 Å². The highest BCUT2D eigenvalue weighted by molar-refractivity contribution is 5.76. The number of piperazine rings is 1. The Balaban J connectivity index is 1.56. The third-order valence-electron chi connectivity index (χ3n) is 5.56. The largest absolute Gasteiger partial charge is 0.416 e. The molecule has 0 saturated carbocycles. The topological polar surface area (TPSA) is 24.3 Å². The number of nitrogens with zero attached hydrogens (tertiary/aromatic N) is 4. The van der Waals surface area contributed by atoms with E-state index in [-0.39, 0.29) is 12.6 Å². The van der Waals surface area contributed by atoms with E-state index in [1.807, 2.05) is 30.8 Å². The van der Waals surface area contributed by atoms with Crippen molar-refractivity contribution in [3.8, 4) is 0 Å². The Labute approximate surface area is 166 Å². The molecule has 0 aliphatic carbocycles. The summed E-state index contributed by atoms with van der Waals surface area (Å²) < 4.78 is 54.7. The molecule has 3 aromatic rings. The number of halogens is 4. The molecule has 0 spiro atoms. The van der Waals surface area contributed by atoms with Gasteiger partial charge in [-0.15, -0.1) is 0 Å². The van der Waals surface area contributed by atoms with Gasteiger partial charge in [-0.1, -0.05) is 6.07 Å². The molecule has 2 heterocycles. The number of rotatable bonds is 3. The molecule has 1 aliphatic rings. The van der Waals surface area contributed by atoms with Crippen LogP contribution < -0.4 is 0 Å². The number of aryl methyl sites for hydroxylation is 1. The Hall–Kier alpha value is -2.45. The van der Waals surface area contributed by atoms with Crippen molar-refractivity contribution >= 4 is 11.0 Å². The molecule has 0 amide bonds. The molecule has 2 aromatic carbocycles. The molecule has 1 atom stereocenters. The molecule has 1 aliphatic heterocycles. The summed E-state index contributed by atoms with van der Waals surface area (Å²) in [6.45, 7) is 2.41. The van der Waals surface area contributed by atoms with Crippen molar-refractivity contribution in [2.75, 3.05) is 26.7 Å². The summed E-state index contributed by atoms with van der Waals surface area (Å²) in [7, 11) is 3.98. The molecule has 8 heteroatoms. The highest BCUT2D eigenvalue weighted by Gasteiger charge is 2.32. The molecule has 0 radical (unpaired) electrons. The number of alkyl halides is 3. The number of benzene rings is 2. The van der Waals surface area contributed by atoms with Gasteiger partial charge in [-0.05, 0) is 48.5 Å². The van der Waals surface area contributed by atoms with E-state index in [1.54, 1.807) is 6.33 Å². The van der Waals surface area contributed by atoms with Crippen LogP contribution in [0.2, 0.25) is 0 Å². The Morgan fingerprint density at radius 1 is 1.07 bits per heavy atom. The normalized spacial score (nSPS) is 19.2. The molecular formula is C21H22F4N4. The lowest BCUT2D eigenvalue weighted by atomic mass is 10.0. The van der Waals surface area contributed by atoms with Crippen molar-refractivity contribution < 1.29 is 17.6 Å². The lowest BCUT2D eigenvalue weighted by Gasteiger charge is -2.40. The minimum Gasteiger partial charge on any atom is -0.334 e. The lowest BCUT2D eigenvalue weighted by molar-refractivity contribution is -0.137. The van der Waals surface area contributed by atoms with Crippen LogP contribution in [0.25, 0.3) is 11.0 Å². The fraction of sp³-hybridized carbons (Fsp3) is 0.381. The van der Waals surface area contributed by atoms with Crippen LogP contribution in [0.1, 0.15) is 22.7 Å². The summed E-state index contributed by atoms with van der Waals surface area (Å²) in [6, 6.07) is 9.00. The van der Waals surface area contributed by atoms with Gasteiger partial charge in [0.05, 0.1) is 22.9 Å². The Morgan fingerprint density at radius 2 is 1.86 bits per heavy atom. The summed E-state index contributed by atoms with van der Waals surface area (Å²) in [5.41, 5.74) is 2.48. The molecule has 4 nitrogen and oxygen atoms in total. The molecule has 1 saturated heterocycles. The van der Waals surface area contributed by atoms with Gasteiger partial charge in [-0.3, -0.25) is 9.80 Å². The van der Waals surface area contributed by atoms with Gasteiger partial charge >= 0.3 is 6.18 Å². The van der Waals surface area contributed by atoms with Gasteiger partial charge < -0.3 is 4.57 Å². The van der Waals surface area contributed by atoms with Crippen LogP contribution in [-0.2, 0) is 19.8 Å². The second kappa shape index (κ2) is 7.42. The first-order valence-electron chi connectivity index (χ1n) is 9.41. The Morgan fingerprint density at radius 3 is 2.62 bits per heavy atom. The second-order valence-electron chi connectivity index (χ2n) is 7.68. The number of aromatic nitrogens is 2. The zero-order valence-corrected chi connectivity index (χ0v) is 16.2. The molecule has 1 aromatic heterocycles. The molecule has 154 valence electrons. The van der Waals surface area contributed by atoms with E-state index >= 15 is 0 Å². The molecule has 0 bridgehead atoms. The lowest BCUT2D eigenvalue weighted by Crippen LogP contribution is -2.46. The van der Waals surface area contributed by atoms with Crippen LogP contribution in [0, 0.1) is 5.82 Å². The molecule has 4 rings (SSSR count). The van der Waals surface area contributed by atoms with Gasteiger partial charge in [0.1, 0.15) is 5.82 Å². The van der Waals surface area contributed by atoms with Gasteiger partial charge in [0.15, 0.2) is 0 Å². The third kappa shape index (κ3) is 4.13. The SMILES string of the molecule is CN1CCN(Cc2cc(F)cc(C(F)(F)F)c2)C[C@@H]1c1ccc2ncn(C)c2c1. The average Bonchev–Trinajstić information content (AvgIpc) is 3.02. The minimum atomic E-state index is -4.56. The van der Waals surface area contributed by atoms with Crippen molar-refractivity contribution in [2.45, 2.75) is 18.8 Å². The third-order valence-corrected chi connectivity index (χ3v) is 5.56. The van der Waals surface area contributed by atoms with Crippen molar-refractivity contribution in [3.63, 3.8) is 0 Å². The fourth-order valence-electron chi connectivity index (χ4n) is 3.95. The monoisotopic (exact) mass is 406 g/mol. The number of likely N-dealkylation sites (N-methyl/N-ethyl adjacent to an activating group) is 1. The first-order chi connectivity index (χ1) is 13.7. The van der Waals surface area contributed by atoms with Crippen molar-refractivity contribution in [1.29, 1.82) is 0 Å². The van der Waals surface area contributed by atoms with Gasteiger partial charge in [0, 0.05) is 39.3 Å². The zero-order valence-electron chi connectivity index (χ0n) is 16.2. The summed E-state index contributed by atoms with van der Waals surface area (Å²) in [5.74, 6) is -0.859. The van der Waals surface area contributed by atoms with E-state index < -0.39 is 17.6 Å². The zero-order chi connectivity index (χ0) is 20.8. The summed E-state index contributed by atoms with van der Waals surface area (Å²) in [5, 5.41) is 0. The van der Waals surface area contributed by atoms with E-state index in [4.69, 9.17) is 0 Å². The summed E-state index contributed by atoms with van der Waals surface area (Å²) in [6.07, 6.45) is -2.78. The number of imidazole rings is 1. The quantitative estimate of drug-likeness (QED) is 0.609. The molecular weight excluding hydrogens is 384 g/mol. The molecule has 29 heavy (non-hydrogen) atoms. The van der Waals surface area contributed by atoms with Crippen LogP contribution >= 0.6 is 0 Å². The van der Waals surface area contributed by atoms with Gasteiger partial charge in [-0.2, -0.15) is 13.2 Å². The van der Waals surface area contributed by atoms with E-state index in [1.165, 1.54) is 6.07 Å². The smallest absolute Gasteiger partial charge is 0.334 e. The van der Waals surface area contributed by atoms with Gasteiger partial charge in [0.25, 0.3) is 0 Å². The maximum absolute atomic E-state index is 13.7. The number of fused-ring (bicyclic) bond motifs is 1. The molecule has 0 unspecified atom stereocenters. The van der Waals surface area contributed by atoms with Crippen molar-refractivity contribution in [2.24, 2.45) is 7.05 Å². The second-order valence-corrected chi connectivity index (χ2v) is 7.68. The fourth-order valence-corrected chi connectivity index (χ4v) is 3.95. The van der Waals surface area contributed by atoms with Crippen LogP contribution in [0.15, 0.2) is 42.7 Å². The Kier molecular flexibility index (Phi) is 5.08. The predicted octanol–water partition coefficient (Wildman–Crippen LogP) is 4.22. The van der Waals surface area contributed by atoms with Crippen LogP contribution in [0.4, 0.5) is 17.6 Å². The molecule has 1 fully saturated rings. The molecule has 0 N–H and O–H groups in total. The maximum Gasteiger partial charge on any atom is 0.416 e. The van der Waals surface area contributed by atoms with Crippen LogP contribution in [-0.4, -0.2) is 46.0 Å². The predicted molar refractivity (Wildman–Crippen MR) is 103 cm³/mol. The summed E-state index contributed by atoms with van der Waals surface area (Å²) >= 11 is 0. The van der Waals surface area contributed by atoms with E-state index in [0.29, 0.717) is 24.7 Å². The van der Waals surface area contributed by atoms with Crippen LogP contribution in [0.5, 0.6) is 0 Å². The number of hydrogen-bond donors (Lipinski definition) is 0. The maximum atomic E-state index is 13.7. The Bertz CT molecular complexity index is 1030. The summed E-state index contributed by atoms with van der Waals surface area (Å²) in [4.78, 5) is 8.66. The highest BCUT2D eigenvalue weighted by atomic mass is 19.4. The van der Waals surface area contributed by atoms with Crippen molar-refractivity contribution in [3.05, 3.63) is 65.2 Å². The average molecular weight is 406 g/mol. The van der Waals surface area contributed by atoms with E-state index in [2.05, 4.69) is 20.9 Å². The van der Waals surface area contributed by atoms with Gasteiger partial charge in [-0.25, -0.2) is 9.37 Å². The standard InChI is InChI=1S/C21H22F4N4/c1-27-5-6-29(11-14-7-16(21(23,24)25)10-17(22)8-14)12-20(27)15-3-4-18-19(9-15)28(2)13-26-18/h3-4,7-10,13,20H,5-6,11-12H2,1-2H3/t20-/m1/s1. The van der Waals surface area contributed by atoms with E-state index in [0.717, 1.165) is 29.2 Å². The first-order valence-corrected chi connectivity index (χ1v) is 9.41. The minimum absolute atomic E-state index is 0.0960. The van der Waals surface area contributed by atoms with E-state index in [9.17, 15) is 17.6 Å². The number of hydrogen-bond acceptors (Lipinski definition) is 3. The van der Waals surface area contributed by atoms with Gasteiger partial charge in [0.2, 0.25) is 0 Å².